The Kier molecular flexibility index (Phi) is 4.78. The number of ether oxygens (including phenoxy) is 1. The zero-order chi connectivity index (χ0) is 15.4. The van der Waals surface area contributed by atoms with E-state index in [9.17, 15) is 9.90 Å². The summed E-state index contributed by atoms with van der Waals surface area (Å²) in [5, 5.41) is 21.6. The number of nitriles is 1. The zero-order valence-corrected chi connectivity index (χ0v) is 12.2. The smallest absolute Gasteiger partial charge is 0.244 e. The number of carbonyl (C=O) groups is 1. The Bertz CT molecular complexity index is 566. The van der Waals surface area contributed by atoms with Gasteiger partial charge in [0.1, 0.15) is 6.04 Å². The minimum atomic E-state index is -0.680. The zero-order valence-electron chi connectivity index (χ0n) is 12.2. The first-order valence-electron chi connectivity index (χ1n) is 6.86. The largest absolute Gasteiger partial charge is 0.389 e. The van der Waals surface area contributed by atoms with Crippen LogP contribution in [0.2, 0.25) is 0 Å². The fourth-order valence-corrected chi connectivity index (χ4v) is 2.49. The van der Waals surface area contributed by atoms with E-state index in [0.29, 0.717) is 30.0 Å². The van der Waals surface area contributed by atoms with Crippen molar-refractivity contribution >= 4 is 11.6 Å². The molecule has 1 heterocycles. The van der Waals surface area contributed by atoms with Gasteiger partial charge < -0.3 is 20.1 Å². The molecule has 112 valence electrons. The SMILES string of the molecule is CNC(=O)C1COCCN1c1cc(C#N)ccc1[C@H](C)O. The summed E-state index contributed by atoms with van der Waals surface area (Å²) >= 11 is 0. The fourth-order valence-electron chi connectivity index (χ4n) is 2.49. The molecule has 0 bridgehead atoms. The Balaban J connectivity index is 2.46. The van der Waals surface area contributed by atoms with Crippen molar-refractivity contribution in [1.29, 1.82) is 5.26 Å². The van der Waals surface area contributed by atoms with E-state index < -0.39 is 12.1 Å². The molecular weight excluding hydrogens is 270 g/mol. The molecule has 0 aromatic heterocycles. The van der Waals surface area contributed by atoms with E-state index in [2.05, 4.69) is 11.4 Å². The van der Waals surface area contributed by atoms with Gasteiger partial charge in [-0.1, -0.05) is 6.07 Å². The molecule has 1 aromatic carbocycles. The van der Waals surface area contributed by atoms with Crippen molar-refractivity contribution in [2.45, 2.75) is 19.1 Å². The number of aliphatic hydroxyl groups is 1. The number of nitrogens with zero attached hydrogens (tertiary/aromatic N) is 2. The summed E-state index contributed by atoms with van der Waals surface area (Å²) in [5.74, 6) is -0.145. The van der Waals surface area contributed by atoms with E-state index >= 15 is 0 Å². The molecule has 1 fully saturated rings. The van der Waals surface area contributed by atoms with Crippen LogP contribution in [0.15, 0.2) is 18.2 Å². The number of amides is 1. The van der Waals surface area contributed by atoms with Gasteiger partial charge in [-0.25, -0.2) is 0 Å². The average Bonchev–Trinajstić information content (AvgIpc) is 2.53. The normalized spacial score (nSPS) is 19.7. The molecule has 6 heteroatoms. The monoisotopic (exact) mass is 289 g/mol. The molecule has 0 spiro atoms. The van der Waals surface area contributed by atoms with Crippen molar-refractivity contribution in [3.05, 3.63) is 29.3 Å². The maximum atomic E-state index is 12.0. The molecule has 2 rings (SSSR count). The number of hydrogen-bond acceptors (Lipinski definition) is 5. The van der Waals surface area contributed by atoms with E-state index in [1.807, 2.05) is 4.90 Å². The molecule has 2 N–H and O–H groups in total. The van der Waals surface area contributed by atoms with Crippen LogP contribution in [0.25, 0.3) is 0 Å². The van der Waals surface area contributed by atoms with Gasteiger partial charge in [0, 0.05) is 24.8 Å². The number of benzene rings is 1. The summed E-state index contributed by atoms with van der Waals surface area (Å²) in [5.41, 5.74) is 1.90. The molecule has 1 saturated heterocycles. The molecule has 0 aliphatic carbocycles. The van der Waals surface area contributed by atoms with Gasteiger partial charge in [0.15, 0.2) is 0 Å². The fraction of sp³-hybridized carbons (Fsp3) is 0.467. The molecule has 0 radical (unpaired) electrons. The Hall–Kier alpha value is -2.10. The number of carbonyl (C=O) groups excluding carboxylic acids is 1. The lowest BCUT2D eigenvalue weighted by Gasteiger charge is -2.37. The summed E-state index contributed by atoms with van der Waals surface area (Å²) in [6, 6.07) is 6.74. The summed E-state index contributed by atoms with van der Waals surface area (Å²) < 4.78 is 5.38. The molecule has 21 heavy (non-hydrogen) atoms. The molecule has 1 aliphatic rings. The number of aliphatic hydroxyl groups excluding tert-OH is 1. The molecular formula is C15H19N3O3. The van der Waals surface area contributed by atoms with Crippen LogP contribution in [0.3, 0.4) is 0 Å². The maximum absolute atomic E-state index is 12.0. The van der Waals surface area contributed by atoms with E-state index in [4.69, 9.17) is 10.00 Å². The standard InChI is InChI=1S/C15H19N3O3/c1-10(19)12-4-3-11(8-16)7-13(12)18-5-6-21-9-14(18)15(20)17-2/h3-4,7,10,14,19H,5-6,9H2,1-2H3,(H,17,20)/t10-,14?/m0/s1. The molecule has 6 nitrogen and oxygen atoms in total. The van der Waals surface area contributed by atoms with Crippen LogP contribution in [0.5, 0.6) is 0 Å². The second kappa shape index (κ2) is 6.57. The van der Waals surface area contributed by atoms with Gasteiger partial charge in [-0.2, -0.15) is 5.26 Å². The first-order valence-corrected chi connectivity index (χ1v) is 6.86. The van der Waals surface area contributed by atoms with Gasteiger partial charge in [0.05, 0.1) is 31.0 Å². The molecule has 1 aliphatic heterocycles. The van der Waals surface area contributed by atoms with Gasteiger partial charge in [-0.05, 0) is 19.1 Å². The summed E-state index contributed by atoms with van der Waals surface area (Å²) in [6.45, 7) is 2.99. The van der Waals surface area contributed by atoms with E-state index in [1.165, 1.54) is 0 Å². The molecule has 0 saturated carbocycles. The quantitative estimate of drug-likeness (QED) is 0.849. The van der Waals surface area contributed by atoms with Gasteiger partial charge in [0.25, 0.3) is 0 Å². The summed E-state index contributed by atoms with van der Waals surface area (Å²) in [4.78, 5) is 13.9. The predicted octanol–water partition coefficient (Wildman–Crippen LogP) is 0.563. The minimum Gasteiger partial charge on any atom is -0.389 e. The summed E-state index contributed by atoms with van der Waals surface area (Å²) in [6.07, 6.45) is -0.680. The Labute approximate surface area is 123 Å². The van der Waals surface area contributed by atoms with Crippen molar-refractivity contribution in [1.82, 2.24) is 5.32 Å². The summed E-state index contributed by atoms with van der Waals surface area (Å²) in [7, 11) is 1.58. The molecule has 1 aromatic rings. The highest BCUT2D eigenvalue weighted by Crippen LogP contribution is 2.30. The highest BCUT2D eigenvalue weighted by atomic mass is 16.5. The van der Waals surface area contributed by atoms with Crippen molar-refractivity contribution in [3.63, 3.8) is 0 Å². The third kappa shape index (κ3) is 3.15. The number of rotatable bonds is 3. The van der Waals surface area contributed by atoms with Gasteiger partial charge >= 0.3 is 0 Å². The van der Waals surface area contributed by atoms with E-state index in [1.54, 1.807) is 32.2 Å². The first kappa shape index (κ1) is 15.3. The lowest BCUT2D eigenvalue weighted by atomic mass is 10.0. The lowest BCUT2D eigenvalue weighted by Crippen LogP contribution is -2.53. The first-order chi connectivity index (χ1) is 10.1. The van der Waals surface area contributed by atoms with Gasteiger partial charge in [-0.3, -0.25) is 4.79 Å². The maximum Gasteiger partial charge on any atom is 0.244 e. The molecule has 1 unspecified atom stereocenters. The Morgan fingerprint density at radius 2 is 2.38 bits per heavy atom. The third-order valence-corrected chi connectivity index (χ3v) is 3.60. The van der Waals surface area contributed by atoms with E-state index in [0.717, 1.165) is 0 Å². The predicted molar refractivity (Wildman–Crippen MR) is 77.8 cm³/mol. The van der Waals surface area contributed by atoms with Crippen molar-refractivity contribution in [2.24, 2.45) is 0 Å². The second-order valence-electron chi connectivity index (χ2n) is 4.96. The van der Waals surface area contributed by atoms with Crippen molar-refractivity contribution in [3.8, 4) is 6.07 Å². The Morgan fingerprint density at radius 1 is 1.62 bits per heavy atom. The number of morpholine rings is 1. The van der Waals surface area contributed by atoms with Crippen molar-refractivity contribution < 1.29 is 14.6 Å². The van der Waals surface area contributed by atoms with E-state index in [-0.39, 0.29) is 12.5 Å². The van der Waals surface area contributed by atoms with Crippen LogP contribution < -0.4 is 10.2 Å². The highest BCUT2D eigenvalue weighted by Gasteiger charge is 2.31. The van der Waals surface area contributed by atoms with Crippen LogP contribution in [-0.4, -0.2) is 43.9 Å². The van der Waals surface area contributed by atoms with Crippen LogP contribution in [-0.2, 0) is 9.53 Å². The van der Waals surface area contributed by atoms with Crippen LogP contribution in [0, 0.1) is 11.3 Å². The average molecular weight is 289 g/mol. The third-order valence-electron chi connectivity index (χ3n) is 3.60. The van der Waals surface area contributed by atoms with Gasteiger partial charge in [-0.15, -0.1) is 0 Å². The molecule has 1 amide bonds. The second-order valence-corrected chi connectivity index (χ2v) is 4.96. The topological polar surface area (TPSA) is 85.6 Å². The van der Waals surface area contributed by atoms with Crippen LogP contribution >= 0.6 is 0 Å². The molecule has 2 atom stereocenters. The van der Waals surface area contributed by atoms with Gasteiger partial charge in [0.2, 0.25) is 5.91 Å². The lowest BCUT2D eigenvalue weighted by molar-refractivity contribution is -0.124. The van der Waals surface area contributed by atoms with Crippen molar-refractivity contribution in [2.75, 3.05) is 31.7 Å². The van der Waals surface area contributed by atoms with Crippen LogP contribution in [0.4, 0.5) is 5.69 Å². The number of nitrogens with one attached hydrogen (secondary N) is 1. The number of anilines is 1. The number of likely N-dealkylation sites (N-methyl/N-ethyl adjacent to an activating group) is 1. The highest BCUT2D eigenvalue weighted by molar-refractivity contribution is 5.86. The Morgan fingerprint density at radius 3 is 3.00 bits per heavy atom. The number of hydrogen-bond donors (Lipinski definition) is 2. The minimum absolute atomic E-state index is 0.145. The van der Waals surface area contributed by atoms with Crippen LogP contribution in [0.1, 0.15) is 24.2 Å².